The van der Waals surface area contributed by atoms with E-state index in [4.69, 9.17) is 11.5 Å². The van der Waals surface area contributed by atoms with Gasteiger partial charge in [-0.2, -0.15) is 0 Å². The first-order chi connectivity index (χ1) is 8.84. The molecule has 0 spiro atoms. The zero-order valence-electron chi connectivity index (χ0n) is 10.7. The predicted molar refractivity (Wildman–Crippen MR) is 63.2 cm³/mol. The van der Waals surface area contributed by atoms with Gasteiger partial charge in [0.25, 0.3) is 5.91 Å². The van der Waals surface area contributed by atoms with E-state index < -0.39 is 35.2 Å². The number of nitrogens with two attached hydrogens (primary N) is 2. The Balaban J connectivity index is 5.35. The van der Waals surface area contributed by atoms with Crippen molar-refractivity contribution in [2.45, 2.75) is 13.8 Å². The minimum absolute atomic E-state index is 0.00407. The van der Waals surface area contributed by atoms with Gasteiger partial charge in [-0.25, -0.2) is 4.79 Å². The Morgan fingerprint density at radius 3 is 1.95 bits per heavy atom. The summed E-state index contributed by atoms with van der Waals surface area (Å²) < 4.78 is 9.17. The van der Waals surface area contributed by atoms with Gasteiger partial charge >= 0.3 is 11.9 Å². The third-order valence-electron chi connectivity index (χ3n) is 1.94. The molecule has 19 heavy (non-hydrogen) atoms. The molecule has 0 aliphatic heterocycles. The van der Waals surface area contributed by atoms with Crippen LogP contribution in [-0.4, -0.2) is 37.0 Å². The second-order valence-electron chi connectivity index (χ2n) is 3.30. The van der Waals surface area contributed by atoms with Gasteiger partial charge in [0.1, 0.15) is 5.57 Å². The van der Waals surface area contributed by atoms with E-state index in [1.807, 2.05) is 0 Å². The maximum atomic E-state index is 11.5. The highest BCUT2D eigenvalue weighted by Crippen LogP contribution is 2.08. The molecule has 4 N–H and O–H groups in total. The van der Waals surface area contributed by atoms with Crippen molar-refractivity contribution >= 4 is 23.8 Å². The number of primary amides is 2. The molecular weight excluding hydrogens is 256 g/mol. The standard InChI is InChI=1S/C11H16N2O6/c1-3-18-10(16)6(8(12)14)5-7(9(13)15)11(17)19-4-2/h5-6H,3-4H2,1-2H3,(H2,12,14)(H2,13,15)/b7-5+/t6-/m0/s1. The van der Waals surface area contributed by atoms with Gasteiger partial charge in [-0.1, -0.05) is 0 Å². The van der Waals surface area contributed by atoms with Gasteiger partial charge < -0.3 is 20.9 Å². The molecule has 106 valence electrons. The van der Waals surface area contributed by atoms with Crippen molar-refractivity contribution in [3.05, 3.63) is 11.6 Å². The van der Waals surface area contributed by atoms with Crippen LogP contribution in [0.15, 0.2) is 11.6 Å². The molecular formula is C11H16N2O6. The van der Waals surface area contributed by atoms with Gasteiger partial charge in [-0.15, -0.1) is 0 Å². The monoisotopic (exact) mass is 272 g/mol. The molecule has 0 aromatic heterocycles. The normalized spacial score (nSPS) is 12.4. The van der Waals surface area contributed by atoms with Crippen LogP contribution in [0, 0.1) is 5.92 Å². The Kier molecular flexibility index (Phi) is 6.87. The molecule has 0 saturated carbocycles. The number of carbonyl (C=O) groups is 4. The summed E-state index contributed by atoms with van der Waals surface area (Å²) in [4.78, 5) is 45.1. The number of carbonyl (C=O) groups excluding carboxylic acids is 4. The maximum absolute atomic E-state index is 11.5. The van der Waals surface area contributed by atoms with E-state index in [2.05, 4.69) is 9.47 Å². The topological polar surface area (TPSA) is 139 Å². The summed E-state index contributed by atoms with van der Waals surface area (Å²) in [6.07, 6.45) is 0.751. The van der Waals surface area contributed by atoms with Crippen LogP contribution in [0.4, 0.5) is 0 Å². The lowest BCUT2D eigenvalue weighted by Gasteiger charge is -2.09. The Hall–Kier alpha value is -2.38. The summed E-state index contributed by atoms with van der Waals surface area (Å²) >= 11 is 0. The van der Waals surface area contributed by atoms with E-state index in [1.165, 1.54) is 13.8 Å². The molecule has 0 radical (unpaired) electrons. The van der Waals surface area contributed by atoms with Crippen LogP contribution >= 0.6 is 0 Å². The van der Waals surface area contributed by atoms with Crippen molar-refractivity contribution in [2.24, 2.45) is 17.4 Å². The molecule has 2 amide bonds. The van der Waals surface area contributed by atoms with Gasteiger partial charge in [-0.05, 0) is 19.9 Å². The summed E-state index contributed by atoms with van der Waals surface area (Å²) in [6.45, 7) is 3.07. The number of rotatable bonds is 7. The number of hydrogen-bond donors (Lipinski definition) is 2. The van der Waals surface area contributed by atoms with Gasteiger partial charge in [0.2, 0.25) is 5.91 Å². The summed E-state index contributed by atoms with van der Waals surface area (Å²) in [5.41, 5.74) is 9.35. The van der Waals surface area contributed by atoms with Gasteiger partial charge in [0.05, 0.1) is 13.2 Å². The third kappa shape index (κ3) is 5.19. The Morgan fingerprint density at radius 1 is 1.05 bits per heavy atom. The minimum atomic E-state index is -1.58. The van der Waals surface area contributed by atoms with E-state index in [9.17, 15) is 19.2 Å². The van der Waals surface area contributed by atoms with E-state index >= 15 is 0 Å². The maximum Gasteiger partial charge on any atom is 0.343 e. The second kappa shape index (κ2) is 7.85. The highest BCUT2D eigenvalue weighted by molar-refractivity contribution is 6.17. The van der Waals surface area contributed by atoms with Crippen LogP contribution in [0.5, 0.6) is 0 Å². The fourth-order valence-corrected chi connectivity index (χ4v) is 1.12. The molecule has 0 saturated heterocycles. The largest absolute Gasteiger partial charge is 0.465 e. The highest BCUT2D eigenvalue weighted by atomic mass is 16.5. The molecule has 0 aromatic carbocycles. The predicted octanol–water partition coefficient (Wildman–Crippen LogP) is -1.37. The third-order valence-corrected chi connectivity index (χ3v) is 1.94. The SMILES string of the molecule is CCOC(=O)/C(=C/[C@@H](C(N)=O)C(=O)OCC)C(N)=O. The zero-order valence-corrected chi connectivity index (χ0v) is 10.7. The summed E-state index contributed by atoms with van der Waals surface area (Å²) in [7, 11) is 0. The lowest BCUT2D eigenvalue weighted by atomic mass is 10.0. The second-order valence-corrected chi connectivity index (χ2v) is 3.30. The minimum Gasteiger partial charge on any atom is -0.465 e. The van der Waals surface area contributed by atoms with E-state index in [0.717, 1.165) is 6.08 Å². The van der Waals surface area contributed by atoms with Crippen molar-refractivity contribution < 1.29 is 28.7 Å². The summed E-state index contributed by atoms with van der Waals surface area (Å²) in [5.74, 6) is -5.79. The van der Waals surface area contributed by atoms with E-state index in [0.29, 0.717) is 0 Å². The quantitative estimate of drug-likeness (QED) is 0.253. The van der Waals surface area contributed by atoms with Crippen LogP contribution in [0.2, 0.25) is 0 Å². The summed E-state index contributed by atoms with van der Waals surface area (Å²) in [6, 6.07) is 0. The highest BCUT2D eigenvalue weighted by Gasteiger charge is 2.28. The average molecular weight is 272 g/mol. The molecule has 0 aliphatic rings. The fraction of sp³-hybridized carbons (Fsp3) is 0.455. The van der Waals surface area contributed by atoms with Crippen molar-refractivity contribution in [1.82, 2.24) is 0 Å². The molecule has 1 atom stereocenters. The molecule has 0 bridgehead atoms. The first-order valence-electron chi connectivity index (χ1n) is 5.49. The fourth-order valence-electron chi connectivity index (χ4n) is 1.12. The molecule has 0 heterocycles. The number of amides is 2. The van der Waals surface area contributed by atoms with Gasteiger partial charge in [0, 0.05) is 0 Å². The first-order valence-corrected chi connectivity index (χ1v) is 5.49. The lowest BCUT2D eigenvalue weighted by Crippen LogP contribution is -2.33. The number of esters is 2. The van der Waals surface area contributed by atoms with Crippen molar-refractivity contribution in [3.63, 3.8) is 0 Å². The Morgan fingerprint density at radius 2 is 1.58 bits per heavy atom. The van der Waals surface area contributed by atoms with Gasteiger partial charge in [-0.3, -0.25) is 14.4 Å². The van der Waals surface area contributed by atoms with E-state index in [-0.39, 0.29) is 13.2 Å². The molecule has 0 aliphatic carbocycles. The molecule has 0 aromatic rings. The van der Waals surface area contributed by atoms with Crippen LogP contribution < -0.4 is 11.5 Å². The lowest BCUT2D eigenvalue weighted by molar-refractivity contribution is -0.149. The summed E-state index contributed by atoms with van der Waals surface area (Å²) in [5, 5.41) is 0. The van der Waals surface area contributed by atoms with Crippen molar-refractivity contribution in [2.75, 3.05) is 13.2 Å². The zero-order chi connectivity index (χ0) is 15.0. The average Bonchev–Trinajstić information content (AvgIpc) is 2.29. The molecule has 0 rings (SSSR count). The Bertz CT molecular complexity index is 415. The van der Waals surface area contributed by atoms with Crippen molar-refractivity contribution in [1.29, 1.82) is 0 Å². The van der Waals surface area contributed by atoms with E-state index in [1.54, 1.807) is 0 Å². The van der Waals surface area contributed by atoms with Gasteiger partial charge in [0.15, 0.2) is 5.92 Å². The number of hydrogen-bond acceptors (Lipinski definition) is 6. The molecule has 8 heteroatoms. The number of ether oxygens (including phenoxy) is 2. The smallest absolute Gasteiger partial charge is 0.343 e. The van der Waals surface area contributed by atoms with Crippen LogP contribution in [0.1, 0.15) is 13.8 Å². The van der Waals surface area contributed by atoms with Crippen LogP contribution in [-0.2, 0) is 28.7 Å². The molecule has 0 fully saturated rings. The first kappa shape index (κ1) is 16.6. The Labute approximate surface area is 109 Å². The molecule has 0 unspecified atom stereocenters. The van der Waals surface area contributed by atoms with Crippen LogP contribution in [0.25, 0.3) is 0 Å². The molecule has 8 nitrogen and oxygen atoms in total. The van der Waals surface area contributed by atoms with Crippen LogP contribution in [0.3, 0.4) is 0 Å². The van der Waals surface area contributed by atoms with Crippen molar-refractivity contribution in [3.8, 4) is 0 Å².